The Morgan fingerprint density at radius 1 is 1.00 bits per heavy atom. The van der Waals surface area contributed by atoms with Gasteiger partial charge in [-0.1, -0.05) is 37.3 Å². The number of carbonyl (C=O) groups excluding carboxylic acids is 2. The van der Waals surface area contributed by atoms with Crippen LogP contribution in [0.1, 0.15) is 41.4 Å². The van der Waals surface area contributed by atoms with Crippen molar-refractivity contribution in [1.29, 1.82) is 0 Å². The number of hydrogen-bond acceptors (Lipinski definition) is 3. The lowest BCUT2D eigenvalue weighted by Gasteiger charge is -2.10. The minimum absolute atomic E-state index is 0.0696. The molecule has 29 heavy (non-hydrogen) atoms. The first-order chi connectivity index (χ1) is 14.1. The molecule has 1 aliphatic rings. The summed E-state index contributed by atoms with van der Waals surface area (Å²) in [4.78, 5) is 24.6. The summed E-state index contributed by atoms with van der Waals surface area (Å²) in [5.74, 6) is 0.0467. The number of benzene rings is 2. The molecule has 0 radical (unpaired) electrons. The molecule has 2 amide bonds. The van der Waals surface area contributed by atoms with E-state index in [0.717, 1.165) is 29.8 Å². The van der Waals surface area contributed by atoms with Gasteiger partial charge in [0.25, 0.3) is 5.91 Å². The van der Waals surface area contributed by atoms with Crippen molar-refractivity contribution in [2.75, 3.05) is 10.6 Å². The van der Waals surface area contributed by atoms with Crippen LogP contribution in [0.4, 0.5) is 11.4 Å². The summed E-state index contributed by atoms with van der Waals surface area (Å²) in [6.07, 6.45) is 4.28. The van der Waals surface area contributed by atoms with Crippen LogP contribution in [0, 0.1) is 5.92 Å². The lowest BCUT2D eigenvalue weighted by Crippen LogP contribution is -2.15. The highest BCUT2D eigenvalue weighted by atomic mass is 16.2. The van der Waals surface area contributed by atoms with Gasteiger partial charge in [0.05, 0.1) is 24.0 Å². The highest BCUT2D eigenvalue weighted by molar-refractivity contribution is 6.05. The van der Waals surface area contributed by atoms with Crippen molar-refractivity contribution in [2.24, 2.45) is 5.92 Å². The molecule has 0 spiro atoms. The van der Waals surface area contributed by atoms with Crippen LogP contribution in [-0.4, -0.2) is 21.6 Å². The SMILES string of the molecule is CCc1c(C(=O)Nc2ccc(NC(=O)C3CC3)cc2)cnn1Cc1ccccc1. The molecule has 1 heterocycles. The molecular formula is C23H24N4O2. The summed E-state index contributed by atoms with van der Waals surface area (Å²) in [7, 11) is 0. The van der Waals surface area contributed by atoms with Gasteiger partial charge in [-0.3, -0.25) is 14.3 Å². The van der Waals surface area contributed by atoms with Gasteiger partial charge in [0, 0.05) is 17.3 Å². The number of carbonyl (C=O) groups is 2. The lowest BCUT2D eigenvalue weighted by atomic mass is 10.1. The monoisotopic (exact) mass is 388 g/mol. The van der Waals surface area contributed by atoms with Crippen LogP contribution in [0.3, 0.4) is 0 Å². The second-order valence-corrected chi connectivity index (χ2v) is 7.30. The maximum Gasteiger partial charge on any atom is 0.259 e. The van der Waals surface area contributed by atoms with E-state index < -0.39 is 0 Å². The number of nitrogens with one attached hydrogen (secondary N) is 2. The fourth-order valence-corrected chi connectivity index (χ4v) is 3.29. The molecule has 1 aliphatic carbocycles. The van der Waals surface area contributed by atoms with Gasteiger partial charge in [0.1, 0.15) is 0 Å². The van der Waals surface area contributed by atoms with Crippen molar-refractivity contribution in [3.05, 3.63) is 77.6 Å². The van der Waals surface area contributed by atoms with E-state index in [0.29, 0.717) is 24.2 Å². The van der Waals surface area contributed by atoms with E-state index in [1.807, 2.05) is 41.9 Å². The first-order valence-electron chi connectivity index (χ1n) is 9.95. The summed E-state index contributed by atoms with van der Waals surface area (Å²) in [6, 6.07) is 17.2. The van der Waals surface area contributed by atoms with Crippen LogP contribution in [0.5, 0.6) is 0 Å². The van der Waals surface area contributed by atoms with Crippen LogP contribution in [0.25, 0.3) is 0 Å². The summed E-state index contributed by atoms with van der Waals surface area (Å²) in [5.41, 5.74) is 4.04. The van der Waals surface area contributed by atoms with E-state index >= 15 is 0 Å². The van der Waals surface area contributed by atoms with E-state index in [2.05, 4.69) is 15.7 Å². The maximum absolute atomic E-state index is 12.8. The average molecular weight is 388 g/mol. The molecule has 0 atom stereocenters. The fraction of sp³-hybridized carbons (Fsp3) is 0.261. The van der Waals surface area contributed by atoms with Crippen LogP contribution in [0.2, 0.25) is 0 Å². The molecule has 148 valence electrons. The minimum atomic E-state index is -0.184. The van der Waals surface area contributed by atoms with E-state index in [4.69, 9.17) is 0 Å². The van der Waals surface area contributed by atoms with Crippen molar-refractivity contribution >= 4 is 23.2 Å². The molecule has 0 aliphatic heterocycles. The number of rotatable bonds is 7. The third-order valence-electron chi connectivity index (χ3n) is 5.06. The fourth-order valence-electron chi connectivity index (χ4n) is 3.29. The molecule has 0 saturated heterocycles. The molecule has 1 fully saturated rings. The number of nitrogens with zero attached hydrogens (tertiary/aromatic N) is 2. The summed E-state index contributed by atoms with van der Waals surface area (Å²) in [6.45, 7) is 2.65. The molecule has 4 rings (SSSR count). The van der Waals surface area contributed by atoms with Crippen LogP contribution in [-0.2, 0) is 17.8 Å². The first-order valence-corrected chi connectivity index (χ1v) is 9.95. The van der Waals surface area contributed by atoms with Crippen molar-refractivity contribution < 1.29 is 9.59 Å². The molecular weight excluding hydrogens is 364 g/mol. The summed E-state index contributed by atoms with van der Waals surface area (Å²) < 4.78 is 1.88. The van der Waals surface area contributed by atoms with E-state index in [1.54, 1.807) is 30.5 Å². The predicted molar refractivity (Wildman–Crippen MR) is 113 cm³/mol. The Morgan fingerprint density at radius 2 is 1.66 bits per heavy atom. The van der Waals surface area contributed by atoms with Gasteiger partial charge in [0.15, 0.2) is 0 Å². The Bertz CT molecular complexity index is 1010. The standard InChI is InChI=1S/C23H24N4O2/c1-2-21-20(14-24-27(21)15-16-6-4-3-5-7-16)23(29)26-19-12-10-18(11-13-19)25-22(28)17-8-9-17/h3-7,10-14,17H,2,8-9,15H2,1H3,(H,25,28)(H,26,29). The Labute approximate surface area is 169 Å². The zero-order valence-electron chi connectivity index (χ0n) is 16.4. The largest absolute Gasteiger partial charge is 0.326 e. The van der Waals surface area contributed by atoms with Gasteiger partial charge in [-0.25, -0.2) is 0 Å². The maximum atomic E-state index is 12.8. The second-order valence-electron chi connectivity index (χ2n) is 7.30. The van der Waals surface area contributed by atoms with E-state index in [9.17, 15) is 9.59 Å². The molecule has 1 saturated carbocycles. The van der Waals surface area contributed by atoms with Crippen molar-refractivity contribution in [2.45, 2.75) is 32.7 Å². The predicted octanol–water partition coefficient (Wildman–Crippen LogP) is 4.09. The zero-order chi connectivity index (χ0) is 20.2. The van der Waals surface area contributed by atoms with Gasteiger partial charge >= 0.3 is 0 Å². The van der Waals surface area contributed by atoms with Crippen LogP contribution < -0.4 is 10.6 Å². The van der Waals surface area contributed by atoms with Crippen LogP contribution in [0.15, 0.2) is 60.8 Å². The Morgan fingerprint density at radius 3 is 2.28 bits per heavy atom. The molecule has 2 aromatic carbocycles. The van der Waals surface area contributed by atoms with Crippen molar-refractivity contribution in [1.82, 2.24) is 9.78 Å². The lowest BCUT2D eigenvalue weighted by molar-refractivity contribution is -0.117. The number of anilines is 2. The molecule has 6 nitrogen and oxygen atoms in total. The quantitative estimate of drug-likeness (QED) is 0.640. The summed E-state index contributed by atoms with van der Waals surface area (Å²) in [5, 5.41) is 10.2. The Balaban J connectivity index is 1.43. The average Bonchev–Trinajstić information content (AvgIpc) is 3.51. The molecule has 3 aromatic rings. The first kappa shape index (κ1) is 18.9. The van der Waals surface area contributed by atoms with Gasteiger partial charge < -0.3 is 10.6 Å². The highest BCUT2D eigenvalue weighted by Crippen LogP contribution is 2.30. The smallest absolute Gasteiger partial charge is 0.259 e. The van der Waals surface area contributed by atoms with E-state index in [1.165, 1.54) is 0 Å². The molecule has 0 bridgehead atoms. The van der Waals surface area contributed by atoms with Crippen molar-refractivity contribution in [3.8, 4) is 0 Å². The molecule has 6 heteroatoms. The third-order valence-corrected chi connectivity index (χ3v) is 5.06. The molecule has 2 N–H and O–H groups in total. The number of hydrogen-bond donors (Lipinski definition) is 2. The van der Waals surface area contributed by atoms with E-state index in [-0.39, 0.29) is 17.7 Å². The zero-order valence-corrected chi connectivity index (χ0v) is 16.4. The van der Waals surface area contributed by atoms with Crippen LogP contribution >= 0.6 is 0 Å². The third kappa shape index (κ3) is 4.54. The van der Waals surface area contributed by atoms with Gasteiger partial charge in [-0.2, -0.15) is 5.10 Å². The minimum Gasteiger partial charge on any atom is -0.326 e. The topological polar surface area (TPSA) is 76.0 Å². The Hall–Kier alpha value is -3.41. The second kappa shape index (κ2) is 8.31. The van der Waals surface area contributed by atoms with Gasteiger partial charge in [0.2, 0.25) is 5.91 Å². The Kier molecular flexibility index (Phi) is 5.42. The summed E-state index contributed by atoms with van der Waals surface area (Å²) >= 11 is 0. The van der Waals surface area contributed by atoms with Gasteiger partial charge in [-0.15, -0.1) is 0 Å². The molecule has 1 aromatic heterocycles. The van der Waals surface area contributed by atoms with Crippen molar-refractivity contribution in [3.63, 3.8) is 0 Å². The normalized spacial score (nSPS) is 13.1. The highest BCUT2D eigenvalue weighted by Gasteiger charge is 2.29. The number of amides is 2. The van der Waals surface area contributed by atoms with Gasteiger partial charge in [-0.05, 0) is 49.1 Å². The molecule has 0 unspecified atom stereocenters. The number of aromatic nitrogens is 2.